The van der Waals surface area contributed by atoms with Crippen molar-refractivity contribution in [3.05, 3.63) is 53.9 Å². The minimum Gasteiger partial charge on any atom is -0.368 e. The van der Waals surface area contributed by atoms with Gasteiger partial charge in [-0.25, -0.2) is 4.57 Å². The second-order valence-corrected chi connectivity index (χ2v) is 10.3. The van der Waals surface area contributed by atoms with Crippen molar-refractivity contribution < 1.29 is 36.5 Å². The molecule has 0 N–H and O–H groups in total. The van der Waals surface area contributed by atoms with E-state index >= 15 is 0 Å². The summed E-state index contributed by atoms with van der Waals surface area (Å²) in [7, 11) is -7.91. The van der Waals surface area contributed by atoms with Crippen LogP contribution in [0.25, 0.3) is 0 Å². The molecule has 0 saturated heterocycles. The highest BCUT2D eigenvalue weighted by atomic mass is 31.2. The summed E-state index contributed by atoms with van der Waals surface area (Å²) in [6.45, 7) is 7.41. The zero-order chi connectivity index (χ0) is 23.5. The lowest BCUT2D eigenvalue weighted by Crippen LogP contribution is -2.23. The standard InChI is InChI=1S/C21H33NO8P2/c1-5-26-31(23,27-6-2)21(30-32(24,28-7-3)29-8-4)18-12-11-14-20(16-18)25-17-19-13-9-10-15-22-19/h9-13,15-16,20-21H,5-8,14,17H2,1-4H3. The van der Waals surface area contributed by atoms with Crippen LogP contribution in [0, 0.1) is 0 Å². The third-order valence-electron chi connectivity index (χ3n) is 4.22. The van der Waals surface area contributed by atoms with Crippen molar-refractivity contribution in [3.63, 3.8) is 0 Å². The first-order chi connectivity index (χ1) is 15.4. The second-order valence-electron chi connectivity index (χ2n) is 6.59. The van der Waals surface area contributed by atoms with Crippen LogP contribution in [0.1, 0.15) is 39.8 Å². The Bertz CT molecular complexity index is 825. The van der Waals surface area contributed by atoms with Crippen molar-refractivity contribution in [2.45, 2.75) is 52.7 Å². The van der Waals surface area contributed by atoms with E-state index in [1.165, 1.54) is 0 Å². The topological polar surface area (TPSA) is 102 Å². The Morgan fingerprint density at radius 2 is 1.66 bits per heavy atom. The van der Waals surface area contributed by atoms with Crippen molar-refractivity contribution in [1.82, 2.24) is 4.98 Å². The van der Waals surface area contributed by atoms with Gasteiger partial charge >= 0.3 is 15.4 Å². The van der Waals surface area contributed by atoms with E-state index in [0.29, 0.717) is 18.6 Å². The number of phosphoric ester groups is 1. The van der Waals surface area contributed by atoms with Crippen LogP contribution in [0.15, 0.2) is 48.2 Å². The number of nitrogens with zero attached hydrogens (tertiary/aromatic N) is 1. The van der Waals surface area contributed by atoms with E-state index in [2.05, 4.69) is 4.98 Å². The van der Waals surface area contributed by atoms with E-state index in [-0.39, 0.29) is 32.5 Å². The molecular formula is C21H33NO8P2. The lowest BCUT2D eigenvalue weighted by Gasteiger charge is -2.31. The Morgan fingerprint density at radius 3 is 2.22 bits per heavy atom. The molecule has 1 aliphatic rings. The molecule has 9 nitrogen and oxygen atoms in total. The molecule has 0 radical (unpaired) electrons. The highest BCUT2D eigenvalue weighted by Crippen LogP contribution is 2.63. The first kappa shape index (κ1) is 27.1. The Kier molecular flexibility index (Phi) is 11.5. The molecule has 1 heterocycles. The molecule has 0 fully saturated rings. The summed E-state index contributed by atoms with van der Waals surface area (Å²) in [5, 5.41) is 0. The van der Waals surface area contributed by atoms with Crippen LogP contribution in [-0.4, -0.2) is 43.4 Å². The number of pyridine rings is 1. The fourth-order valence-corrected chi connectivity index (χ4v) is 6.61. The zero-order valence-corrected chi connectivity index (χ0v) is 20.8. The first-order valence-corrected chi connectivity index (χ1v) is 13.8. The lowest BCUT2D eigenvalue weighted by molar-refractivity contribution is 0.0681. The molecule has 2 atom stereocenters. The van der Waals surface area contributed by atoms with Gasteiger partial charge in [-0.1, -0.05) is 18.2 Å². The van der Waals surface area contributed by atoms with E-state index in [0.717, 1.165) is 5.69 Å². The molecule has 0 spiro atoms. The van der Waals surface area contributed by atoms with E-state index in [9.17, 15) is 9.13 Å². The van der Waals surface area contributed by atoms with Crippen LogP contribution in [0.5, 0.6) is 0 Å². The summed E-state index contributed by atoms with van der Waals surface area (Å²) in [6, 6.07) is 5.59. The molecule has 0 bridgehead atoms. The summed E-state index contributed by atoms with van der Waals surface area (Å²) in [5.41, 5.74) is 1.24. The minimum atomic E-state index is -4.03. The predicted molar refractivity (Wildman–Crippen MR) is 121 cm³/mol. The quantitative estimate of drug-likeness (QED) is 0.289. The second kappa shape index (κ2) is 13.5. The summed E-state index contributed by atoms with van der Waals surface area (Å²) in [6.07, 6.45) is 7.33. The third-order valence-corrected chi connectivity index (χ3v) is 8.22. The van der Waals surface area contributed by atoms with Gasteiger partial charge < -0.3 is 13.8 Å². The molecule has 0 amide bonds. The Hall–Kier alpha value is -1.15. The van der Waals surface area contributed by atoms with E-state index in [1.54, 1.807) is 46.0 Å². The average molecular weight is 489 g/mol. The molecule has 32 heavy (non-hydrogen) atoms. The van der Waals surface area contributed by atoms with Crippen molar-refractivity contribution in [2.75, 3.05) is 26.4 Å². The summed E-state index contributed by atoms with van der Waals surface area (Å²) in [5.74, 6) is -1.32. The van der Waals surface area contributed by atoms with Gasteiger partial charge in [0.15, 0.2) is 5.85 Å². The highest BCUT2D eigenvalue weighted by molar-refractivity contribution is 7.56. The van der Waals surface area contributed by atoms with Crippen LogP contribution in [0.2, 0.25) is 0 Å². The van der Waals surface area contributed by atoms with Crippen LogP contribution < -0.4 is 0 Å². The minimum absolute atomic E-state index is 0.0856. The van der Waals surface area contributed by atoms with Crippen LogP contribution in [0.3, 0.4) is 0 Å². The Balaban J connectivity index is 2.33. The molecule has 1 aromatic heterocycles. The molecule has 0 saturated carbocycles. The molecule has 11 heteroatoms. The monoisotopic (exact) mass is 489 g/mol. The summed E-state index contributed by atoms with van der Waals surface area (Å²) >= 11 is 0. The third kappa shape index (κ3) is 8.01. The number of phosphoric acid groups is 1. The molecular weight excluding hydrogens is 456 g/mol. The van der Waals surface area contributed by atoms with Gasteiger partial charge in [-0.15, -0.1) is 0 Å². The fraction of sp³-hybridized carbons (Fsp3) is 0.571. The number of rotatable bonds is 15. The van der Waals surface area contributed by atoms with Gasteiger partial charge in [0.1, 0.15) is 0 Å². The van der Waals surface area contributed by atoms with Gasteiger partial charge in [0.25, 0.3) is 0 Å². The molecule has 1 aromatic rings. The molecule has 0 aliphatic heterocycles. The van der Waals surface area contributed by atoms with Gasteiger partial charge in [0, 0.05) is 6.20 Å². The SMILES string of the molecule is CCOP(=O)(OCC)OC(C1=CC(OCc2ccccn2)CC=C1)P(=O)(OCC)OCC. The van der Waals surface area contributed by atoms with Crippen LogP contribution >= 0.6 is 15.4 Å². The van der Waals surface area contributed by atoms with E-state index in [4.69, 9.17) is 27.4 Å². The van der Waals surface area contributed by atoms with E-state index in [1.807, 2.05) is 24.3 Å². The maximum atomic E-state index is 13.7. The van der Waals surface area contributed by atoms with Gasteiger partial charge in [0.05, 0.1) is 44.8 Å². The van der Waals surface area contributed by atoms with Crippen molar-refractivity contribution in [3.8, 4) is 0 Å². The number of aromatic nitrogens is 1. The average Bonchev–Trinajstić information content (AvgIpc) is 2.78. The maximum absolute atomic E-state index is 13.7. The van der Waals surface area contributed by atoms with Gasteiger partial charge in [-0.2, -0.15) is 0 Å². The number of hydrogen-bond donors (Lipinski definition) is 0. The normalized spacial score (nSPS) is 17.9. The predicted octanol–water partition coefficient (Wildman–Crippen LogP) is 5.64. The Morgan fingerprint density at radius 1 is 1.00 bits per heavy atom. The van der Waals surface area contributed by atoms with Crippen molar-refractivity contribution in [1.29, 1.82) is 0 Å². The molecule has 2 unspecified atom stereocenters. The summed E-state index contributed by atoms with van der Waals surface area (Å²) < 4.78 is 60.0. The smallest absolute Gasteiger partial charge is 0.368 e. The zero-order valence-electron chi connectivity index (χ0n) is 19.0. The van der Waals surface area contributed by atoms with Gasteiger partial charge in [-0.3, -0.25) is 23.1 Å². The highest BCUT2D eigenvalue weighted by Gasteiger charge is 2.45. The molecule has 2 rings (SSSR count). The van der Waals surface area contributed by atoms with E-state index < -0.39 is 21.3 Å². The number of ether oxygens (including phenoxy) is 1. The molecule has 1 aliphatic carbocycles. The molecule has 180 valence electrons. The van der Waals surface area contributed by atoms with Crippen LogP contribution in [0.4, 0.5) is 0 Å². The lowest BCUT2D eigenvalue weighted by atomic mass is 10.1. The fourth-order valence-electron chi connectivity index (χ4n) is 3.00. The Labute approximate surface area is 190 Å². The van der Waals surface area contributed by atoms with Gasteiger partial charge in [-0.05, 0) is 57.9 Å². The first-order valence-electron chi connectivity index (χ1n) is 10.8. The summed E-state index contributed by atoms with van der Waals surface area (Å²) in [4.78, 5) is 4.25. The van der Waals surface area contributed by atoms with Crippen molar-refractivity contribution >= 4 is 15.4 Å². The van der Waals surface area contributed by atoms with Gasteiger partial charge in [0.2, 0.25) is 0 Å². The van der Waals surface area contributed by atoms with Crippen LogP contribution in [-0.2, 0) is 43.1 Å². The van der Waals surface area contributed by atoms with Crippen molar-refractivity contribution in [2.24, 2.45) is 0 Å². The largest absolute Gasteiger partial charge is 0.475 e. The maximum Gasteiger partial charge on any atom is 0.475 e. The molecule has 0 aromatic carbocycles. The number of hydrogen-bond acceptors (Lipinski definition) is 9.